The van der Waals surface area contributed by atoms with Crippen molar-refractivity contribution in [3.05, 3.63) is 52.0 Å². The molecule has 0 unspecified atom stereocenters. The number of hydrogen-bond donors (Lipinski definition) is 1. The van der Waals surface area contributed by atoms with Crippen LogP contribution in [0.3, 0.4) is 0 Å². The van der Waals surface area contributed by atoms with Gasteiger partial charge >= 0.3 is 5.97 Å². The summed E-state index contributed by atoms with van der Waals surface area (Å²) in [5.74, 6) is 0.600. The number of hydrogen-bond acceptors (Lipinski definition) is 4. The van der Waals surface area contributed by atoms with E-state index in [4.69, 9.17) is 19.3 Å². The van der Waals surface area contributed by atoms with Crippen molar-refractivity contribution in [3.8, 4) is 17.2 Å². The smallest absolute Gasteiger partial charge is 0.335 e. The molecule has 2 aromatic rings. The first-order chi connectivity index (χ1) is 10.5. The maximum Gasteiger partial charge on any atom is 0.335 e. The summed E-state index contributed by atoms with van der Waals surface area (Å²) < 4.78 is 16.9. The third kappa shape index (κ3) is 3.71. The van der Waals surface area contributed by atoms with Crippen molar-refractivity contribution >= 4 is 21.9 Å². The van der Waals surface area contributed by atoms with E-state index in [1.54, 1.807) is 13.2 Å². The molecule has 5 nitrogen and oxygen atoms in total. The van der Waals surface area contributed by atoms with Gasteiger partial charge in [0.2, 0.25) is 0 Å². The molecule has 116 valence electrons. The summed E-state index contributed by atoms with van der Waals surface area (Å²) in [5, 5.41) is 8.97. The Morgan fingerprint density at radius 3 is 2.32 bits per heavy atom. The van der Waals surface area contributed by atoms with Crippen LogP contribution in [0.1, 0.15) is 15.9 Å². The van der Waals surface area contributed by atoms with Crippen LogP contribution in [0.5, 0.6) is 17.2 Å². The van der Waals surface area contributed by atoms with E-state index >= 15 is 0 Å². The summed E-state index contributed by atoms with van der Waals surface area (Å²) in [7, 11) is 3.07. The Balaban J connectivity index is 2.14. The second-order valence-corrected chi connectivity index (χ2v) is 5.28. The van der Waals surface area contributed by atoms with E-state index in [1.165, 1.54) is 19.2 Å². The minimum atomic E-state index is -1.01. The van der Waals surface area contributed by atoms with E-state index in [9.17, 15) is 4.79 Å². The first-order valence-electron chi connectivity index (χ1n) is 6.41. The van der Waals surface area contributed by atoms with Crippen LogP contribution in [0.25, 0.3) is 0 Å². The number of methoxy groups -OCH3 is 2. The lowest BCUT2D eigenvalue weighted by Crippen LogP contribution is -2.01. The van der Waals surface area contributed by atoms with Gasteiger partial charge in [-0.2, -0.15) is 0 Å². The highest BCUT2D eigenvalue weighted by atomic mass is 79.9. The van der Waals surface area contributed by atoms with Crippen LogP contribution in [0.4, 0.5) is 0 Å². The standard InChI is InChI=1S/C16H15BrO5/c1-20-13-5-3-10(7-12(13)17)9-22-14-6-4-11(16(18)19)8-15(14)21-2/h3-8H,9H2,1-2H3,(H,18,19). The van der Waals surface area contributed by atoms with E-state index in [1.807, 2.05) is 18.2 Å². The Kier molecular flexibility index (Phi) is 5.27. The number of carbonyl (C=O) groups is 1. The molecular weight excluding hydrogens is 352 g/mol. The number of benzene rings is 2. The lowest BCUT2D eigenvalue weighted by atomic mass is 10.2. The molecular formula is C16H15BrO5. The molecule has 1 N–H and O–H groups in total. The molecule has 2 rings (SSSR count). The summed E-state index contributed by atoms with van der Waals surface area (Å²) in [6.07, 6.45) is 0. The summed E-state index contributed by atoms with van der Waals surface area (Å²) >= 11 is 3.42. The summed E-state index contributed by atoms with van der Waals surface area (Å²) in [4.78, 5) is 10.9. The lowest BCUT2D eigenvalue weighted by Gasteiger charge is -2.12. The molecule has 6 heteroatoms. The maximum atomic E-state index is 10.9. The predicted molar refractivity (Wildman–Crippen MR) is 85.0 cm³/mol. The number of aromatic carboxylic acids is 1. The monoisotopic (exact) mass is 366 g/mol. The Hall–Kier alpha value is -2.21. The third-order valence-electron chi connectivity index (χ3n) is 3.02. The van der Waals surface area contributed by atoms with Crippen molar-refractivity contribution in [1.82, 2.24) is 0 Å². The number of carboxylic acids is 1. The minimum Gasteiger partial charge on any atom is -0.496 e. The average molecular weight is 367 g/mol. The molecule has 2 aromatic carbocycles. The minimum absolute atomic E-state index is 0.149. The largest absolute Gasteiger partial charge is 0.496 e. The molecule has 0 spiro atoms. The number of halogens is 1. The Morgan fingerprint density at radius 1 is 1.05 bits per heavy atom. The molecule has 0 heterocycles. The fourth-order valence-electron chi connectivity index (χ4n) is 1.88. The first kappa shape index (κ1) is 16.2. The first-order valence-corrected chi connectivity index (χ1v) is 7.21. The predicted octanol–water partition coefficient (Wildman–Crippen LogP) is 3.74. The van der Waals surface area contributed by atoms with Gasteiger partial charge in [0.1, 0.15) is 12.4 Å². The van der Waals surface area contributed by atoms with Crippen molar-refractivity contribution < 1.29 is 24.1 Å². The third-order valence-corrected chi connectivity index (χ3v) is 3.64. The van der Waals surface area contributed by atoms with Gasteiger partial charge < -0.3 is 19.3 Å². The average Bonchev–Trinajstić information content (AvgIpc) is 2.52. The molecule has 22 heavy (non-hydrogen) atoms. The molecule has 0 aliphatic carbocycles. The Morgan fingerprint density at radius 2 is 1.73 bits per heavy atom. The SMILES string of the molecule is COc1ccc(COc2ccc(C(=O)O)cc2OC)cc1Br. The van der Waals surface area contributed by atoms with Gasteiger partial charge in [0.25, 0.3) is 0 Å². The van der Waals surface area contributed by atoms with Gasteiger partial charge in [-0.3, -0.25) is 0 Å². The molecule has 0 aromatic heterocycles. The van der Waals surface area contributed by atoms with Crippen molar-refractivity contribution in [1.29, 1.82) is 0 Å². The number of carboxylic acid groups (broad SMARTS) is 1. The van der Waals surface area contributed by atoms with Gasteiger partial charge in [0, 0.05) is 0 Å². The normalized spacial score (nSPS) is 10.1. The molecule has 0 aliphatic rings. The van der Waals surface area contributed by atoms with Gasteiger partial charge in [0.05, 0.1) is 24.3 Å². The van der Waals surface area contributed by atoms with Crippen LogP contribution >= 0.6 is 15.9 Å². The van der Waals surface area contributed by atoms with Gasteiger partial charge in [-0.1, -0.05) is 6.07 Å². The zero-order valence-corrected chi connectivity index (χ0v) is 13.7. The van der Waals surface area contributed by atoms with Crippen LogP contribution < -0.4 is 14.2 Å². The molecule has 0 atom stereocenters. The van der Waals surface area contributed by atoms with Crippen LogP contribution in [0, 0.1) is 0 Å². The summed E-state index contributed by atoms with van der Waals surface area (Å²) in [5.41, 5.74) is 1.09. The summed E-state index contributed by atoms with van der Waals surface area (Å²) in [6, 6.07) is 10.1. The van der Waals surface area contributed by atoms with Crippen LogP contribution in [-0.4, -0.2) is 25.3 Å². The molecule has 0 bridgehead atoms. The van der Waals surface area contributed by atoms with Crippen molar-refractivity contribution in [2.45, 2.75) is 6.61 Å². The fourth-order valence-corrected chi connectivity index (χ4v) is 2.47. The molecule has 0 amide bonds. The van der Waals surface area contributed by atoms with Crippen LogP contribution in [-0.2, 0) is 6.61 Å². The highest BCUT2D eigenvalue weighted by molar-refractivity contribution is 9.10. The van der Waals surface area contributed by atoms with E-state index in [0.717, 1.165) is 15.8 Å². The van der Waals surface area contributed by atoms with E-state index in [2.05, 4.69) is 15.9 Å². The fraction of sp³-hybridized carbons (Fsp3) is 0.188. The second kappa shape index (κ2) is 7.17. The molecule has 0 aliphatic heterocycles. The highest BCUT2D eigenvalue weighted by Gasteiger charge is 2.10. The van der Waals surface area contributed by atoms with Crippen molar-refractivity contribution in [2.75, 3.05) is 14.2 Å². The van der Waals surface area contributed by atoms with Gasteiger partial charge in [-0.25, -0.2) is 4.79 Å². The van der Waals surface area contributed by atoms with Gasteiger partial charge in [0.15, 0.2) is 11.5 Å². The van der Waals surface area contributed by atoms with E-state index < -0.39 is 5.97 Å². The molecule has 0 saturated heterocycles. The molecule has 0 radical (unpaired) electrons. The summed E-state index contributed by atoms with van der Waals surface area (Å²) in [6.45, 7) is 0.325. The molecule has 0 saturated carbocycles. The lowest BCUT2D eigenvalue weighted by molar-refractivity contribution is 0.0696. The topological polar surface area (TPSA) is 65.0 Å². The zero-order valence-electron chi connectivity index (χ0n) is 12.1. The number of rotatable bonds is 6. The second-order valence-electron chi connectivity index (χ2n) is 4.43. The van der Waals surface area contributed by atoms with Crippen LogP contribution in [0.15, 0.2) is 40.9 Å². The van der Waals surface area contributed by atoms with Crippen molar-refractivity contribution in [3.63, 3.8) is 0 Å². The van der Waals surface area contributed by atoms with Crippen LogP contribution in [0.2, 0.25) is 0 Å². The van der Waals surface area contributed by atoms with E-state index in [0.29, 0.717) is 18.1 Å². The zero-order chi connectivity index (χ0) is 16.1. The van der Waals surface area contributed by atoms with Gasteiger partial charge in [-0.15, -0.1) is 0 Å². The maximum absolute atomic E-state index is 10.9. The van der Waals surface area contributed by atoms with Gasteiger partial charge in [-0.05, 0) is 51.8 Å². The quantitative estimate of drug-likeness (QED) is 0.843. The molecule has 0 fully saturated rings. The van der Waals surface area contributed by atoms with E-state index in [-0.39, 0.29) is 5.56 Å². The Bertz CT molecular complexity index is 684. The highest BCUT2D eigenvalue weighted by Crippen LogP contribution is 2.30. The van der Waals surface area contributed by atoms with Crippen molar-refractivity contribution in [2.24, 2.45) is 0 Å². The number of ether oxygens (including phenoxy) is 3. The Labute approximate surface area is 136 Å².